The van der Waals surface area contributed by atoms with E-state index in [2.05, 4.69) is 151 Å². The Labute approximate surface area is 238 Å². The number of hydrogen-bond acceptors (Lipinski definition) is 0. The minimum Gasteiger partial charge on any atom is -0.355 e. The lowest BCUT2D eigenvalue weighted by atomic mass is 9.82. The summed E-state index contributed by atoms with van der Waals surface area (Å²) in [6.45, 7) is 4.70. The van der Waals surface area contributed by atoms with Gasteiger partial charge in [-0.25, -0.2) is 0 Å². The van der Waals surface area contributed by atoms with E-state index < -0.39 is 0 Å². The maximum atomic E-state index is 3.56. The minimum atomic E-state index is -0.0328. The number of aromatic amines is 1. The minimum absolute atomic E-state index is 0.0328. The predicted molar refractivity (Wildman–Crippen MR) is 173 cm³/mol. The van der Waals surface area contributed by atoms with E-state index in [1.54, 1.807) is 0 Å². The fraction of sp³-hybridized carbons (Fsp3) is 0.0769. The van der Waals surface area contributed by atoms with Gasteiger partial charge >= 0.3 is 0 Å². The second kappa shape index (κ2) is 7.99. The number of aromatic nitrogens is 2. The van der Waals surface area contributed by atoms with Crippen LogP contribution in [0.5, 0.6) is 0 Å². The van der Waals surface area contributed by atoms with Gasteiger partial charge < -0.3 is 9.55 Å². The van der Waals surface area contributed by atoms with Crippen LogP contribution in [0.3, 0.4) is 0 Å². The number of fused-ring (bicyclic) bond motifs is 9. The maximum Gasteiger partial charge on any atom is 0.0541 e. The summed E-state index contributed by atoms with van der Waals surface area (Å²) in [5.41, 5.74) is 14.0. The lowest BCUT2D eigenvalue weighted by Crippen LogP contribution is -2.15. The molecular formula is C39H28N2. The molecule has 0 fully saturated rings. The highest BCUT2D eigenvalue weighted by Gasteiger charge is 2.35. The molecule has 0 amide bonds. The Balaban J connectivity index is 1.24. The van der Waals surface area contributed by atoms with Crippen LogP contribution >= 0.6 is 0 Å². The molecule has 1 aliphatic rings. The molecule has 0 saturated heterocycles. The topological polar surface area (TPSA) is 20.7 Å². The SMILES string of the molecule is CC1(C)c2ccccc2-c2ccc(-n3c4ccccc4c4cc(-c5ccc6[nH]c7ccccc7c6c5)ccc43)cc21. The second-order valence-electron chi connectivity index (χ2n) is 11.9. The summed E-state index contributed by atoms with van der Waals surface area (Å²) in [5, 5.41) is 5.09. The van der Waals surface area contributed by atoms with Crippen LogP contribution in [0.15, 0.2) is 127 Å². The Bertz CT molecular complexity index is 2340. The molecule has 194 valence electrons. The van der Waals surface area contributed by atoms with Crippen LogP contribution in [0.4, 0.5) is 0 Å². The summed E-state index contributed by atoms with van der Waals surface area (Å²) in [5.74, 6) is 0. The van der Waals surface area contributed by atoms with Gasteiger partial charge in [-0.3, -0.25) is 0 Å². The molecule has 1 aliphatic carbocycles. The zero-order valence-corrected chi connectivity index (χ0v) is 23.1. The molecule has 2 heteroatoms. The van der Waals surface area contributed by atoms with E-state index in [4.69, 9.17) is 0 Å². The van der Waals surface area contributed by atoms with E-state index in [1.165, 1.54) is 82.7 Å². The van der Waals surface area contributed by atoms with Crippen molar-refractivity contribution < 1.29 is 0 Å². The quantitative estimate of drug-likeness (QED) is 0.232. The summed E-state index contributed by atoms with van der Waals surface area (Å²) in [4.78, 5) is 3.56. The van der Waals surface area contributed by atoms with E-state index in [0.717, 1.165) is 0 Å². The largest absolute Gasteiger partial charge is 0.355 e. The number of nitrogens with one attached hydrogen (secondary N) is 1. The Hall–Kier alpha value is -5.08. The van der Waals surface area contributed by atoms with Crippen LogP contribution in [0.1, 0.15) is 25.0 Å². The molecular weight excluding hydrogens is 496 g/mol. The van der Waals surface area contributed by atoms with Crippen molar-refractivity contribution in [2.75, 3.05) is 0 Å². The molecule has 2 nitrogen and oxygen atoms in total. The number of nitrogens with zero attached hydrogens (tertiary/aromatic N) is 1. The van der Waals surface area contributed by atoms with Crippen molar-refractivity contribution in [3.8, 4) is 27.9 Å². The number of benzene rings is 6. The van der Waals surface area contributed by atoms with Crippen molar-refractivity contribution in [1.82, 2.24) is 9.55 Å². The number of H-pyrrole nitrogens is 1. The van der Waals surface area contributed by atoms with Crippen molar-refractivity contribution >= 4 is 43.6 Å². The molecule has 0 unspecified atom stereocenters. The van der Waals surface area contributed by atoms with Gasteiger partial charge in [0.2, 0.25) is 0 Å². The van der Waals surface area contributed by atoms with Crippen LogP contribution in [0.25, 0.3) is 71.6 Å². The summed E-state index contributed by atoms with van der Waals surface area (Å²) in [6.07, 6.45) is 0. The third-order valence-electron chi connectivity index (χ3n) is 9.34. The van der Waals surface area contributed by atoms with E-state index in [9.17, 15) is 0 Å². The Morgan fingerprint density at radius 3 is 2.05 bits per heavy atom. The molecule has 6 aromatic carbocycles. The zero-order chi connectivity index (χ0) is 27.3. The maximum absolute atomic E-state index is 3.56. The smallest absolute Gasteiger partial charge is 0.0541 e. The highest BCUT2D eigenvalue weighted by molar-refractivity contribution is 6.12. The second-order valence-corrected chi connectivity index (χ2v) is 11.9. The van der Waals surface area contributed by atoms with E-state index >= 15 is 0 Å². The average molecular weight is 525 g/mol. The summed E-state index contributed by atoms with van der Waals surface area (Å²) >= 11 is 0. The fourth-order valence-corrected chi connectivity index (χ4v) is 7.29. The zero-order valence-electron chi connectivity index (χ0n) is 23.1. The first-order valence-electron chi connectivity index (χ1n) is 14.4. The molecule has 1 N–H and O–H groups in total. The van der Waals surface area contributed by atoms with Gasteiger partial charge in [-0.15, -0.1) is 0 Å². The van der Waals surface area contributed by atoms with E-state index in [1.807, 2.05) is 0 Å². The normalized spacial score (nSPS) is 13.8. The van der Waals surface area contributed by atoms with Gasteiger partial charge in [-0.1, -0.05) is 92.7 Å². The first kappa shape index (κ1) is 22.7. The molecule has 0 aliphatic heterocycles. The van der Waals surface area contributed by atoms with Crippen molar-refractivity contribution in [3.05, 3.63) is 139 Å². The van der Waals surface area contributed by atoms with Crippen molar-refractivity contribution in [1.29, 1.82) is 0 Å². The third-order valence-corrected chi connectivity index (χ3v) is 9.34. The Morgan fingerprint density at radius 1 is 0.488 bits per heavy atom. The monoisotopic (exact) mass is 524 g/mol. The highest BCUT2D eigenvalue weighted by atomic mass is 15.0. The first-order valence-corrected chi connectivity index (χ1v) is 14.4. The molecule has 0 atom stereocenters. The van der Waals surface area contributed by atoms with Crippen molar-refractivity contribution in [2.45, 2.75) is 19.3 Å². The fourth-order valence-electron chi connectivity index (χ4n) is 7.29. The van der Waals surface area contributed by atoms with Gasteiger partial charge in [0.1, 0.15) is 0 Å². The Morgan fingerprint density at radius 2 is 1.15 bits per heavy atom. The number of rotatable bonds is 2. The summed E-state index contributed by atoms with van der Waals surface area (Å²) in [6, 6.07) is 47.0. The molecule has 2 aromatic heterocycles. The van der Waals surface area contributed by atoms with E-state index in [-0.39, 0.29) is 5.41 Å². The van der Waals surface area contributed by atoms with Crippen molar-refractivity contribution in [2.24, 2.45) is 0 Å². The number of hydrogen-bond donors (Lipinski definition) is 1. The summed E-state index contributed by atoms with van der Waals surface area (Å²) in [7, 11) is 0. The van der Waals surface area contributed by atoms with Crippen LogP contribution in [-0.4, -0.2) is 9.55 Å². The molecule has 0 bridgehead atoms. The van der Waals surface area contributed by atoms with Gasteiger partial charge in [0.25, 0.3) is 0 Å². The van der Waals surface area contributed by atoms with Crippen LogP contribution in [-0.2, 0) is 5.41 Å². The molecule has 9 rings (SSSR count). The predicted octanol–water partition coefficient (Wildman–Crippen LogP) is 10.4. The van der Waals surface area contributed by atoms with Crippen LogP contribution in [0.2, 0.25) is 0 Å². The molecule has 0 saturated carbocycles. The molecule has 0 radical (unpaired) electrons. The number of para-hydroxylation sites is 2. The van der Waals surface area contributed by atoms with Crippen LogP contribution < -0.4 is 0 Å². The van der Waals surface area contributed by atoms with Gasteiger partial charge in [-0.05, 0) is 81.9 Å². The van der Waals surface area contributed by atoms with Crippen LogP contribution in [0, 0.1) is 0 Å². The first-order chi connectivity index (χ1) is 20.1. The average Bonchev–Trinajstić information content (AvgIpc) is 3.62. The Kier molecular flexibility index (Phi) is 4.42. The molecule has 41 heavy (non-hydrogen) atoms. The van der Waals surface area contributed by atoms with E-state index in [0.29, 0.717) is 0 Å². The van der Waals surface area contributed by atoms with Gasteiger partial charge in [0.15, 0.2) is 0 Å². The van der Waals surface area contributed by atoms with Crippen molar-refractivity contribution in [3.63, 3.8) is 0 Å². The van der Waals surface area contributed by atoms with Gasteiger partial charge in [0.05, 0.1) is 11.0 Å². The lowest BCUT2D eigenvalue weighted by molar-refractivity contribution is 0.660. The summed E-state index contributed by atoms with van der Waals surface area (Å²) < 4.78 is 2.44. The highest BCUT2D eigenvalue weighted by Crippen LogP contribution is 2.49. The molecule has 0 spiro atoms. The lowest BCUT2D eigenvalue weighted by Gasteiger charge is -2.22. The van der Waals surface area contributed by atoms with Gasteiger partial charge in [0, 0.05) is 43.7 Å². The third kappa shape index (κ3) is 3.08. The molecule has 2 heterocycles. The molecule has 8 aromatic rings. The standard InChI is InChI=1S/C39H28N2/c1-39(2)33-12-6-3-9-27(33)28-18-17-26(23-34(28)39)41-37-14-8-5-11-30(37)32-22-25(16-20-38(32)41)24-15-19-36-31(21-24)29-10-4-7-13-35(29)40-36/h3-23,40H,1-2H3. The van der Waals surface area contributed by atoms with Gasteiger partial charge in [-0.2, -0.15) is 0 Å².